The topological polar surface area (TPSA) is 112 Å². The van der Waals surface area contributed by atoms with Crippen molar-refractivity contribution in [1.29, 1.82) is 0 Å². The Morgan fingerprint density at radius 1 is 1.21 bits per heavy atom. The van der Waals surface area contributed by atoms with Gasteiger partial charge in [0.1, 0.15) is 5.01 Å². The minimum atomic E-state index is -0.513. The molecular weight excluding hydrogens is 398 g/mol. The predicted molar refractivity (Wildman–Crippen MR) is 107 cm³/mol. The summed E-state index contributed by atoms with van der Waals surface area (Å²) in [6, 6.07) is 5.46. The number of esters is 1. The number of ether oxygens (including phenoxy) is 2. The summed E-state index contributed by atoms with van der Waals surface area (Å²) in [6.07, 6.45) is 0.628. The summed E-state index contributed by atoms with van der Waals surface area (Å²) in [7, 11) is 0. The Hall–Kier alpha value is -2.85. The summed E-state index contributed by atoms with van der Waals surface area (Å²) >= 11 is 1.27. The van der Waals surface area contributed by atoms with Crippen molar-refractivity contribution in [3.05, 3.63) is 56.0 Å². The van der Waals surface area contributed by atoms with Crippen molar-refractivity contribution in [2.75, 3.05) is 26.4 Å². The number of aromatic nitrogens is 1. The van der Waals surface area contributed by atoms with Gasteiger partial charge in [-0.25, -0.2) is 9.78 Å². The number of carbonyl (C=O) groups is 2. The van der Waals surface area contributed by atoms with Crippen LogP contribution in [0.2, 0.25) is 0 Å². The first-order valence-corrected chi connectivity index (χ1v) is 10.1. The highest BCUT2D eigenvalue weighted by molar-refractivity contribution is 7.09. The maximum atomic E-state index is 12.9. The number of carbonyl (C=O) groups excluding carboxylic acids is 2. The molecule has 0 atom stereocenters. The zero-order valence-corrected chi connectivity index (χ0v) is 17.1. The van der Waals surface area contributed by atoms with E-state index in [4.69, 9.17) is 9.47 Å². The molecule has 0 bridgehead atoms. The molecule has 1 aromatic carbocycles. The average Bonchev–Trinajstić information content (AvgIpc) is 3.19. The van der Waals surface area contributed by atoms with Crippen LogP contribution in [0, 0.1) is 10.1 Å². The third-order valence-electron chi connectivity index (χ3n) is 3.90. The predicted octanol–water partition coefficient (Wildman–Crippen LogP) is 3.30. The smallest absolute Gasteiger partial charge is 0.357 e. The highest BCUT2D eigenvalue weighted by Crippen LogP contribution is 2.18. The van der Waals surface area contributed by atoms with Crippen LogP contribution in [0.4, 0.5) is 5.69 Å². The lowest BCUT2D eigenvalue weighted by molar-refractivity contribution is -0.384. The molecule has 0 saturated carbocycles. The lowest BCUT2D eigenvalue weighted by atomic mass is 10.1. The van der Waals surface area contributed by atoms with Crippen LogP contribution in [0.3, 0.4) is 0 Å². The maximum absolute atomic E-state index is 12.9. The van der Waals surface area contributed by atoms with Crippen LogP contribution in [0.5, 0.6) is 0 Å². The second-order valence-electron chi connectivity index (χ2n) is 5.93. The summed E-state index contributed by atoms with van der Waals surface area (Å²) in [5.74, 6) is -0.774. The van der Waals surface area contributed by atoms with Gasteiger partial charge in [0.15, 0.2) is 5.69 Å². The first kappa shape index (κ1) is 22.4. The molecule has 0 radical (unpaired) electrons. The molecule has 1 amide bonds. The SMILES string of the molecule is CCOCCCN(Cc1nc(C(=O)OCC)cs1)C(=O)c1ccc([N+](=O)[O-])cc1. The van der Waals surface area contributed by atoms with Gasteiger partial charge in [0.25, 0.3) is 11.6 Å². The highest BCUT2D eigenvalue weighted by atomic mass is 32.1. The summed E-state index contributed by atoms with van der Waals surface area (Å²) in [5, 5.41) is 13.0. The van der Waals surface area contributed by atoms with Crippen molar-refractivity contribution in [3.63, 3.8) is 0 Å². The fourth-order valence-corrected chi connectivity index (χ4v) is 3.29. The molecule has 0 spiro atoms. The van der Waals surface area contributed by atoms with E-state index < -0.39 is 10.9 Å². The molecule has 0 unspecified atom stereocenters. The molecule has 0 aliphatic carbocycles. The van der Waals surface area contributed by atoms with E-state index in [1.807, 2.05) is 6.92 Å². The zero-order chi connectivity index (χ0) is 21.2. The largest absolute Gasteiger partial charge is 0.461 e. The number of amides is 1. The van der Waals surface area contributed by atoms with Gasteiger partial charge in [-0.1, -0.05) is 0 Å². The van der Waals surface area contributed by atoms with Crippen LogP contribution in [0.1, 0.15) is 46.1 Å². The Morgan fingerprint density at radius 3 is 2.55 bits per heavy atom. The second kappa shape index (κ2) is 11.2. The van der Waals surface area contributed by atoms with E-state index in [1.54, 1.807) is 17.2 Å². The number of nitro benzene ring substituents is 1. The van der Waals surface area contributed by atoms with E-state index in [0.717, 1.165) is 0 Å². The second-order valence-corrected chi connectivity index (χ2v) is 6.87. The van der Waals surface area contributed by atoms with E-state index in [-0.39, 0.29) is 30.4 Å². The fourth-order valence-electron chi connectivity index (χ4n) is 2.51. The monoisotopic (exact) mass is 421 g/mol. The fraction of sp³-hybridized carbons (Fsp3) is 0.421. The van der Waals surface area contributed by atoms with Crippen molar-refractivity contribution >= 4 is 28.9 Å². The first-order chi connectivity index (χ1) is 14.0. The number of hydrogen-bond donors (Lipinski definition) is 0. The minimum Gasteiger partial charge on any atom is -0.461 e. The van der Waals surface area contributed by atoms with Crippen LogP contribution in [0.25, 0.3) is 0 Å². The Kier molecular flexibility index (Phi) is 8.68. The Bertz CT molecular complexity index is 837. The van der Waals surface area contributed by atoms with E-state index in [2.05, 4.69) is 4.98 Å². The lowest BCUT2D eigenvalue weighted by Crippen LogP contribution is -2.32. The van der Waals surface area contributed by atoms with Crippen LogP contribution >= 0.6 is 11.3 Å². The van der Waals surface area contributed by atoms with Crippen LogP contribution in [-0.2, 0) is 16.0 Å². The van der Waals surface area contributed by atoms with Gasteiger partial charge in [-0.05, 0) is 32.4 Å². The molecule has 0 fully saturated rings. The number of rotatable bonds is 11. The van der Waals surface area contributed by atoms with E-state index >= 15 is 0 Å². The quantitative estimate of drug-likeness (QED) is 0.237. The Labute approximate surface area is 172 Å². The molecular formula is C19H23N3O6S. The number of hydrogen-bond acceptors (Lipinski definition) is 8. The molecule has 0 aliphatic rings. The van der Waals surface area contributed by atoms with Gasteiger partial charge < -0.3 is 14.4 Å². The lowest BCUT2D eigenvalue weighted by Gasteiger charge is -2.21. The Balaban J connectivity index is 2.14. The van der Waals surface area contributed by atoms with E-state index in [0.29, 0.717) is 36.8 Å². The van der Waals surface area contributed by atoms with Crippen molar-refractivity contribution in [2.45, 2.75) is 26.8 Å². The summed E-state index contributed by atoms with van der Waals surface area (Å²) < 4.78 is 10.3. The molecule has 0 N–H and O–H groups in total. The molecule has 156 valence electrons. The van der Waals surface area contributed by atoms with Gasteiger partial charge in [0.05, 0.1) is 18.1 Å². The number of non-ortho nitro benzene ring substituents is 1. The third kappa shape index (κ3) is 6.61. The van der Waals surface area contributed by atoms with E-state index in [9.17, 15) is 19.7 Å². The third-order valence-corrected chi connectivity index (χ3v) is 4.73. The van der Waals surface area contributed by atoms with Crippen molar-refractivity contribution < 1.29 is 24.0 Å². The summed E-state index contributed by atoms with van der Waals surface area (Å²) in [6.45, 7) is 5.60. The molecule has 2 rings (SSSR count). The summed E-state index contributed by atoms with van der Waals surface area (Å²) in [5.41, 5.74) is 0.474. The van der Waals surface area contributed by atoms with E-state index in [1.165, 1.54) is 35.6 Å². The number of thiazole rings is 1. The number of nitro groups is 1. The molecule has 29 heavy (non-hydrogen) atoms. The van der Waals surface area contributed by atoms with Gasteiger partial charge in [-0.2, -0.15) is 0 Å². The van der Waals surface area contributed by atoms with Crippen molar-refractivity contribution in [1.82, 2.24) is 9.88 Å². The van der Waals surface area contributed by atoms with Gasteiger partial charge in [0, 0.05) is 42.8 Å². The minimum absolute atomic E-state index is 0.0801. The van der Waals surface area contributed by atoms with Crippen LogP contribution in [0.15, 0.2) is 29.6 Å². The van der Waals surface area contributed by atoms with Gasteiger partial charge in [0.2, 0.25) is 0 Å². The van der Waals surface area contributed by atoms with Gasteiger partial charge >= 0.3 is 5.97 Å². The van der Waals surface area contributed by atoms with Gasteiger partial charge in [-0.15, -0.1) is 11.3 Å². The van der Waals surface area contributed by atoms with Crippen LogP contribution < -0.4 is 0 Å². The molecule has 0 aliphatic heterocycles. The molecule has 9 nitrogen and oxygen atoms in total. The first-order valence-electron chi connectivity index (χ1n) is 9.19. The molecule has 0 saturated heterocycles. The molecule has 1 aromatic heterocycles. The standard InChI is InChI=1S/C19H23N3O6S/c1-3-27-11-5-10-21(12-17-20-16(13-29-17)19(24)28-4-2)18(23)14-6-8-15(9-7-14)22(25)26/h6-9,13H,3-5,10-12H2,1-2H3. The molecule has 10 heteroatoms. The molecule has 2 aromatic rings. The van der Waals surface area contributed by atoms with Crippen molar-refractivity contribution in [2.24, 2.45) is 0 Å². The van der Waals surface area contributed by atoms with Crippen LogP contribution in [-0.4, -0.2) is 53.0 Å². The highest BCUT2D eigenvalue weighted by Gasteiger charge is 2.20. The number of nitrogens with zero attached hydrogens (tertiary/aromatic N) is 3. The summed E-state index contributed by atoms with van der Waals surface area (Å²) in [4.78, 5) is 40.9. The Morgan fingerprint density at radius 2 is 1.93 bits per heavy atom. The molecule has 1 heterocycles. The zero-order valence-electron chi connectivity index (χ0n) is 16.3. The maximum Gasteiger partial charge on any atom is 0.357 e. The average molecular weight is 421 g/mol. The van der Waals surface area contributed by atoms with Gasteiger partial charge in [-0.3, -0.25) is 14.9 Å². The normalized spacial score (nSPS) is 10.6. The number of benzene rings is 1. The van der Waals surface area contributed by atoms with Crippen molar-refractivity contribution in [3.8, 4) is 0 Å².